The number of ether oxygens (including phenoxy) is 1. The number of sulfonamides is 1. The fraction of sp³-hybridized carbons (Fsp3) is 0.455. The highest BCUT2D eigenvalue weighted by molar-refractivity contribution is 7.89. The average molecular weight is 476 g/mol. The fourth-order valence-electron chi connectivity index (χ4n) is 4.03. The molecule has 1 saturated heterocycles. The molecule has 11 heteroatoms. The molecule has 0 saturated carbocycles. The number of rotatable bonds is 9. The Labute approximate surface area is 192 Å². The Balaban J connectivity index is 1.63. The zero-order valence-electron chi connectivity index (χ0n) is 18.5. The summed E-state index contributed by atoms with van der Waals surface area (Å²) in [6.07, 6.45) is 4.28. The number of anilines is 1. The number of aromatic nitrogens is 3. The number of aliphatic hydroxyl groups excluding tert-OH is 2. The van der Waals surface area contributed by atoms with E-state index in [0.717, 1.165) is 10.9 Å². The van der Waals surface area contributed by atoms with E-state index in [1.165, 1.54) is 4.31 Å². The predicted molar refractivity (Wildman–Crippen MR) is 123 cm³/mol. The van der Waals surface area contributed by atoms with E-state index in [4.69, 9.17) is 9.84 Å². The van der Waals surface area contributed by atoms with Gasteiger partial charge in [0.15, 0.2) is 0 Å². The van der Waals surface area contributed by atoms with Gasteiger partial charge in [0.05, 0.1) is 37.1 Å². The molecule has 1 aliphatic rings. The third kappa shape index (κ3) is 4.87. The molecule has 3 N–H and O–H groups in total. The van der Waals surface area contributed by atoms with Crippen LogP contribution in [0.4, 0.5) is 5.82 Å². The number of nitrogens with one attached hydrogen (secondary N) is 1. The summed E-state index contributed by atoms with van der Waals surface area (Å²) >= 11 is 0. The number of hydrogen-bond donors (Lipinski definition) is 3. The second kappa shape index (κ2) is 9.74. The molecule has 0 spiro atoms. The van der Waals surface area contributed by atoms with Gasteiger partial charge < -0.3 is 20.3 Å². The van der Waals surface area contributed by atoms with Crippen molar-refractivity contribution in [3.05, 3.63) is 48.3 Å². The van der Waals surface area contributed by atoms with E-state index in [0.29, 0.717) is 31.4 Å². The first-order valence-corrected chi connectivity index (χ1v) is 12.3. The molecule has 0 bridgehead atoms. The largest absolute Gasteiger partial charge is 0.394 e. The molecule has 10 nitrogen and oxygen atoms in total. The Morgan fingerprint density at radius 3 is 2.67 bits per heavy atom. The molecular weight excluding hydrogens is 446 g/mol. The van der Waals surface area contributed by atoms with Crippen molar-refractivity contribution in [1.82, 2.24) is 19.1 Å². The van der Waals surface area contributed by atoms with Crippen LogP contribution in [0.5, 0.6) is 0 Å². The van der Waals surface area contributed by atoms with Gasteiger partial charge in [-0.15, -0.1) is 0 Å². The van der Waals surface area contributed by atoms with E-state index in [-0.39, 0.29) is 37.0 Å². The molecule has 1 aliphatic heterocycles. The number of benzene rings is 1. The lowest BCUT2D eigenvalue weighted by atomic mass is 9.93. The van der Waals surface area contributed by atoms with Crippen LogP contribution in [0.2, 0.25) is 0 Å². The van der Waals surface area contributed by atoms with E-state index >= 15 is 0 Å². The van der Waals surface area contributed by atoms with Crippen molar-refractivity contribution in [3.63, 3.8) is 0 Å². The maximum absolute atomic E-state index is 13.6. The van der Waals surface area contributed by atoms with Gasteiger partial charge in [-0.3, -0.25) is 4.68 Å². The zero-order chi connectivity index (χ0) is 23.5. The monoisotopic (exact) mass is 475 g/mol. The van der Waals surface area contributed by atoms with Crippen LogP contribution in [0, 0.1) is 0 Å². The molecule has 33 heavy (non-hydrogen) atoms. The zero-order valence-corrected chi connectivity index (χ0v) is 19.3. The van der Waals surface area contributed by atoms with Gasteiger partial charge in [0.25, 0.3) is 0 Å². The summed E-state index contributed by atoms with van der Waals surface area (Å²) in [5.74, 6) is 0.273. The Morgan fingerprint density at radius 2 is 1.97 bits per heavy atom. The highest BCUT2D eigenvalue weighted by Gasteiger charge is 2.39. The summed E-state index contributed by atoms with van der Waals surface area (Å²) < 4.78 is 35.8. The van der Waals surface area contributed by atoms with Crippen molar-refractivity contribution in [2.75, 3.05) is 38.7 Å². The van der Waals surface area contributed by atoms with E-state index in [2.05, 4.69) is 15.4 Å². The number of fused-ring (bicyclic) bond motifs is 1. The molecule has 0 aliphatic carbocycles. The number of methoxy groups -OCH3 is 1. The van der Waals surface area contributed by atoms with E-state index in [9.17, 15) is 13.5 Å². The van der Waals surface area contributed by atoms with Crippen molar-refractivity contribution in [2.24, 2.45) is 0 Å². The van der Waals surface area contributed by atoms with Crippen LogP contribution in [0.25, 0.3) is 10.9 Å². The maximum atomic E-state index is 13.6. The molecule has 0 radical (unpaired) electrons. The predicted octanol–water partition coefficient (Wildman–Crippen LogP) is 1.20. The second-order valence-electron chi connectivity index (χ2n) is 8.17. The molecule has 1 aromatic carbocycles. The van der Waals surface area contributed by atoms with Crippen LogP contribution < -0.4 is 5.32 Å². The van der Waals surface area contributed by atoms with Gasteiger partial charge in [0.2, 0.25) is 10.0 Å². The average Bonchev–Trinajstić information content (AvgIpc) is 3.29. The fourth-order valence-corrected chi connectivity index (χ4v) is 5.61. The van der Waals surface area contributed by atoms with Gasteiger partial charge in [0.1, 0.15) is 10.7 Å². The van der Waals surface area contributed by atoms with Gasteiger partial charge in [-0.05, 0) is 25.0 Å². The van der Waals surface area contributed by atoms with E-state index in [1.807, 2.05) is 24.3 Å². The smallest absolute Gasteiger partial charge is 0.246 e. The van der Waals surface area contributed by atoms with Crippen LogP contribution in [0.15, 0.2) is 47.6 Å². The lowest BCUT2D eigenvalue weighted by Gasteiger charge is -2.39. The minimum atomic E-state index is -3.84. The number of piperidine rings is 1. The van der Waals surface area contributed by atoms with Crippen molar-refractivity contribution in [2.45, 2.75) is 36.4 Å². The second-order valence-corrected chi connectivity index (χ2v) is 10.1. The molecule has 0 amide bonds. The molecule has 0 atom stereocenters. The summed E-state index contributed by atoms with van der Waals surface area (Å²) in [5, 5.41) is 26.8. The summed E-state index contributed by atoms with van der Waals surface area (Å²) in [6.45, 7) is 1.05. The first-order valence-electron chi connectivity index (χ1n) is 10.8. The molecule has 0 unspecified atom stereocenters. The van der Waals surface area contributed by atoms with Gasteiger partial charge in [0, 0.05) is 43.9 Å². The first kappa shape index (κ1) is 23.6. The Morgan fingerprint density at radius 1 is 1.21 bits per heavy atom. The topological polar surface area (TPSA) is 130 Å². The summed E-state index contributed by atoms with van der Waals surface area (Å²) in [4.78, 5) is 4.72. The molecular formula is C22H29N5O5S. The van der Waals surface area contributed by atoms with Crippen LogP contribution >= 0.6 is 0 Å². The Kier molecular flexibility index (Phi) is 6.96. The number of pyridine rings is 1. The molecule has 1 fully saturated rings. The van der Waals surface area contributed by atoms with Crippen LogP contribution in [0.3, 0.4) is 0 Å². The minimum absolute atomic E-state index is 0.0142. The molecule has 3 aromatic rings. The van der Waals surface area contributed by atoms with Crippen molar-refractivity contribution in [3.8, 4) is 0 Å². The van der Waals surface area contributed by atoms with Gasteiger partial charge in [-0.2, -0.15) is 9.40 Å². The summed E-state index contributed by atoms with van der Waals surface area (Å²) in [6, 6.07) is 9.03. The first-order chi connectivity index (χ1) is 15.9. The number of para-hydroxylation sites is 1. The van der Waals surface area contributed by atoms with E-state index < -0.39 is 15.6 Å². The van der Waals surface area contributed by atoms with Crippen molar-refractivity contribution >= 4 is 26.7 Å². The minimum Gasteiger partial charge on any atom is -0.394 e. The summed E-state index contributed by atoms with van der Waals surface area (Å²) in [7, 11) is -2.30. The number of aliphatic hydroxyl groups is 2. The van der Waals surface area contributed by atoms with Crippen LogP contribution in [-0.2, 0) is 27.8 Å². The van der Waals surface area contributed by atoms with Crippen molar-refractivity contribution in [1.29, 1.82) is 0 Å². The van der Waals surface area contributed by atoms with E-state index in [1.54, 1.807) is 30.3 Å². The van der Waals surface area contributed by atoms with Gasteiger partial charge in [-0.1, -0.05) is 18.2 Å². The Hall–Kier alpha value is -2.57. The standard InChI is InChI=1S/C22H29N5O5S/c1-32-22(16-29)6-8-27(9-7-22)33(30,31)20-12-18-4-2-3-5-19(18)25-21(20)23-13-17-14-24-26(15-17)10-11-28/h2-5,12,14-15,28-29H,6-11,13,16H2,1H3,(H,23,25). The molecule has 178 valence electrons. The molecule has 3 heterocycles. The lowest BCUT2D eigenvalue weighted by Crippen LogP contribution is -2.49. The van der Waals surface area contributed by atoms with Crippen LogP contribution in [-0.4, -0.2) is 76.7 Å². The third-order valence-corrected chi connectivity index (χ3v) is 8.05. The quantitative estimate of drug-likeness (QED) is 0.421. The number of hydrogen-bond acceptors (Lipinski definition) is 8. The lowest BCUT2D eigenvalue weighted by molar-refractivity contribution is -0.0799. The van der Waals surface area contributed by atoms with Gasteiger partial charge in [-0.25, -0.2) is 13.4 Å². The molecule has 2 aromatic heterocycles. The summed E-state index contributed by atoms with van der Waals surface area (Å²) in [5.41, 5.74) is 0.823. The SMILES string of the molecule is COC1(CO)CCN(S(=O)(=O)c2cc3ccccc3nc2NCc2cnn(CCO)c2)CC1. The van der Waals surface area contributed by atoms with Crippen molar-refractivity contribution < 1.29 is 23.4 Å². The number of nitrogens with zero attached hydrogens (tertiary/aromatic N) is 4. The van der Waals surface area contributed by atoms with Crippen LogP contribution in [0.1, 0.15) is 18.4 Å². The normalized spacial score (nSPS) is 16.8. The maximum Gasteiger partial charge on any atom is 0.246 e. The molecule has 4 rings (SSSR count). The third-order valence-electron chi connectivity index (χ3n) is 6.14. The highest BCUT2D eigenvalue weighted by Crippen LogP contribution is 2.32. The highest BCUT2D eigenvalue weighted by atomic mass is 32.2. The Bertz CT molecular complexity index is 1200. The van der Waals surface area contributed by atoms with Gasteiger partial charge >= 0.3 is 0 Å².